The van der Waals surface area contributed by atoms with Crippen LogP contribution in [0, 0.1) is 0 Å². The second kappa shape index (κ2) is 6.97. The topological polar surface area (TPSA) is 73.6 Å². The average molecular weight is 228 g/mol. The first-order chi connectivity index (χ1) is 7.75. The largest absolute Gasteiger partial charge is 0.477 e. The average Bonchev–Trinajstić information content (AvgIpc) is 2.71. The van der Waals surface area contributed by atoms with Gasteiger partial charge in [-0.2, -0.15) is 5.10 Å². The first kappa shape index (κ1) is 12.7. The van der Waals surface area contributed by atoms with Crippen molar-refractivity contribution in [1.29, 1.82) is 0 Å². The predicted molar refractivity (Wildman–Crippen MR) is 56.5 cm³/mol. The Hall–Kier alpha value is -1.40. The second-order valence-electron chi connectivity index (χ2n) is 3.20. The van der Waals surface area contributed by atoms with Crippen LogP contribution in [0.15, 0.2) is 12.3 Å². The molecule has 16 heavy (non-hydrogen) atoms. The quantitative estimate of drug-likeness (QED) is 0.661. The summed E-state index contributed by atoms with van der Waals surface area (Å²) in [6.07, 6.45) is 2.21. The van der Waals surface area contributed by atoms with Gasteiger partial charge >= 0.3 is 5.97 Å². The number of carboxylic acids is 1. The second-order valence-corrected chi connectivity index (χ2v) is 3.20. The molecule has 1 rings (SSSR count). The maximum atomic E-state index is 10.7. The molecule has 0 aliphatic rings. The Kier molecular flexibility index (Phi) is 5.52. The molecule has 0 amide bonds. The van der Waals surface area contributed by atoms with E-state index in [1.54, 1.807) is 7.11 Å². The summed E-state index contributed by atoms with van der Waals surface area (Å²) in [4.78, 5) is 10.7. The molecule has 0 aliphatic heterocycles. The fraction of sp³-hybridized carbons (Fsp3) is 0.600. The van der Waals surface area contributed by atoms with Gasteiger partial charge in [0.15, 0.2) is 0 Å². The molecule has 0 aromatic carbocycles. The zero-order valence-corrected chi connectivity index (χ0v) is 9.26. The van der Waals surface area contributed by atoms with Crippen LogP contribution < -0.4 is 0 Å². The van der Waals surface area contributed by atoms with Crippen molar-refractivity contribution in [2.24, 2.45) is 0 Å². The Morgan fingerprint density at radius 3 is 3.00 bits per heavy atom. The molecular formula is C10H16N2O4. The molecule has 0 saturated heterocycles. The highest BCUT2D eigenvalue weighted by Crippen LogP contribution is 2.00. The van der Waals surface area contributed by atoms with Crippen molar-refractivity contribution in [3.05, 3.63) is 18.0 Å². The molecule has 0 spiro atoms. The third-order valence-electron chi connectivity index (χ3n) is 2.03. The van der Waals surface area contributed by atoms with Crippen LogP contribution in [0.3, 0.4) is 0 Å². The van der Waals surface area contributed by atoms with Gasteiger partial charge in [-0.1, -0.05) is 0 Å². The summed E-state index contributed by atoms with van der Waals surface area (Å²) < 4.78 is 11.5. The van der Waals surface area contributed by atoms with Gasteiger partial charge in [0.1, 0.15) is 5.69 Å². The van der Waals surface area contributed by atoms with E-state index in [1.807, 2.05) is 0 Å². The fourth-order valence-corrected chi connectivity index (χ4v) is 1.25. The van der Waals surface area contributed by atoms with E-state index in [0.29, 0.717) is 26.4 Å². The first-order valence-electron chi connectivity index (χ1n) is 5.07. The van der Waals surface area contributed by atoms with Gasteiger partial charge in [-0.15, -0.1) is 0 Å². The number of methoxy groups -OCH3 is 1. The molecule has 90 valence electrons. The van der Waals surface area contributed by atoms with E-state index in [1.165, 1.54) is 16.9 Å². The molecule has 1 heterocycles. The number of hydrogen-bond acceptors (Lipinski definition) is 4. The van der Waals surface area contributed by atoms with Gasteiger partial charge in [0.25, 0.3) is 0 Å². The molecule has 0 bridgehead atoms. The van der Waals surface area contributed by atoms with Crippen molar-refractivity contribution in [2.45, 2.75) is 13.0 Å². The molecule has 1 N–H and O–H groups in total. The van der Waals surface area contributed by atoms with E-state index in [2.05, 4.69) is 5.10 Å². The molecule has 0 atom stereocenters. The van der Waals surface area contributed by atoms with Crippen LogP contribution in [-0.2, 0) is 16.0 Å². The lowest BCUT2D eigenvalue weighted by Gasteiger charge is -2.05. The van der Waals surface area contributed by atoms with Gasteiger partial charge < -0.3 is 14.6 Å². The highest BCUT2D eigenvalue weighted by Gasteiger charge is 2.08. The summed E-state index contributed by atoms with van der Waals surface area (Å²) in [6, 6.07) is 1.48. The number of aryl methyl sites for hydroxylation is 1. The maximum Gasteiger partial charge on any atom is 0.354 e. The molecule has 0 fully saturated rings. The molecule has 1 aromatic rings. The number of aromatic nitrogens is 2. The zero-order valence-electron chi connectivity index (χ0n) is 9.26. The SMILES string of the molecule is COCCOCCCn1nccc1C(=O)O. The Balaban J connectivity index is 2.21. The lowest BCUT2D eigenvalue weighted by atomic mass is 10.4. The minimum Gasteiger partial charge on any atom is -0.477 e. The Morgan fingerprint density at radius 1 is 1.50 bits per heavy atom. The number of nitrogens with zero attached hydrogens (tertiary/aromatic N) is 2. The van der Waals surface area contributed by atoms with Gasteiger partial charge in [-0.25, -0.2) is 4.79 Å². The van der Waals surface area contributed by atoms with Crippen molar-refractivity contribution in [3.8, 4) is 0 Å². The van der Waals surface area contributed by atoms with Gasteiger partial charge in [-0.3, -0.25) is 4.68 Å². The van der Waals surface area contributed by atoms with Crippen LogP contribution in [0.5, 0.6) is 0 Å². The molecule has 6 nitrogen and oxygen atoms in total. The first-order valence-corrected chi connectivity index (χ1v) is 5.07. The minimum atomic E-state index is -0.960. The third kappa shape index (κ3) is 4.00. The van der Waals surface area contributed by atoms with E-state index in [0.717, 1.165) is 6.42 Å². The zero-order chi connectivity index (χ0) is 11.8. The summed E-state index contributed by atoms with van der Waals surface area (Å²) in [5.41, 5.74) is 0.205. The molecule has 0 unspecified atom stereocenters. The van der Waals surface area contributed by atoms with Gasteiger partial charge in [0.2, 0.25) is 0 Å². The number of aromatic carboxylic acids is 1. The van der Waals surface area contributed by atoms with Crippen molar-refractivity contribution in [3.63, 3.8) is 0 Å². The monoisotopic (exact) mass is 228 g/mol. The highest BCUT2D eigenvalue weighted by molar-refractivity contribution is 5.85. The number of carbonyl (C=O) groups is 1. The Morgan fingerprint density at radius 2 is 2.31 bits per heavy atom. The van der Waals surface area contributed by atoms with Gasteiger partial charge in [0, 0.05) is 26.5 Å². The highest BCUT2D eigenvalue weighted by atomic mass is 16.5. The summed E-state index contributed by atoms with van der Waals surface area (Å²) in [5.74, 6) is -0.960. The van der Waals surface area contributed by atoms with Crippen LogP contribution in [0.1, 0.15) is 16.9 Å². The van der Waals surface area contributed by atoms with Crippen molar-refractivity contribution in [2.75, 3.05) is 26.9 Å². The van der Waals surface area contributed by atoms with E-state index >= 15 is 0 Å². The lowest BCUT2D eigenvalue weighted by molar-refractivity contribution is 0.0651. The van der Waals surface area contributed by atoms with E-state index < -0.39 is 5.97 Å². The van der Waals surface area contributed by atoms with Crippen molar-refractivity contribution < 1.29 is 19.4 Å². The van der Waals surface area contributed by atoms with Crippen LogP contribution in [0.4, 0.5) is 0 Å². The summed E-state index contributed by atoms with van der Waals surface area (Å²) in [5, 5.41) is 12.7. The molecule has 0 aliphatic carbocycles. The molecular weight excluding hydrogens is 212 g/mol. The smallest absolute Gasteiger partial charge is 0.354 e. The van der Waals surface area contributed by atoms with Crippen LogP contribution in [0.2, 0.25) is 0 Å². The maximum absolute atomic E-state index is 10.7. The van der Waals surface area contributed by atoms with E-state index in [-0.39, 0.29) is 5.69 Å². The molecule has 0 radical (unpaired) electrons. The number of hydrogen-bond donors (Lipinski definition) is 1. The van der Waals surface area contributed by atoms with E-state index in [9.17, 15) is 4.79 Å². The predicted octanol–water partition coefficient (Wildman–Crippen LogP) is 0.634. The third-order valence-corrected chi connectivity index (χ3v) is 2.03. The number of ether oxygens (including phenoxy) is 2. The Bertz CT molecular complexity index is 324. The minimum absolute atomic E-state index is 0.205. The summed E-state index contributed by atoms with van der Waals surface area (Å²) >= 11 is 0. The van der Waals surface area contributed by atoms with Crippen LogP contribution in [-0.4, -0.2) is 47.8 Å². The van der Waals surface area contributed by atoms with Crippen LogP contribution in [0.25, 0.3) is 0 Å². The normalized spacial score (nSPS) is 10.6. The summed E-state index contributed by atoms with van der Waals surface area (Å²) in [7, 11) is 1.62. The van der Waals surface area contributed by atoms with Crippen molar-refractivity contribution >= 4 is 5.97 Å². The molecule has 6 heteroatoms. The fourth-order valence-electron chi connectivity index (χ4n) is 1.25. The van der Waals surface area contributed by atoms with E-state index in [4.69, 9.17) is 14.6 Å². The summed E-state index contributed by atoms with van der Waals surface area (Å²) in [6.45, 7) is 2.24. The standard InChI is InChI=1S/C10H16N2O4/c1-15-7-8-16-6-2-5-12-9(10(13)14)3-4-11-12/h3-4H,2,5-8H2,1H3,(H,13,14). The number of carboxylic acid groups (broad SMARTS) is 1. The van der Waals surface area contributed by atoms with Gasteiger partial charge in [-0.05, 0) is 12.5 Å². The van der Waals surface area contributed by atoms with Crippen molar-refractivity contribution in [1.82, 2.24) is 9.78 Å². The van der Waals surface area contributed by atoms with Gasteiger partial charge in [0.05, 0.1) is 13.2 Å². The van der Waals surface area contributed by atoms with Crippen LogP contribution >= 0.6 is 0 Å². The molecule has 1 aromatic heterocycles. The molecule has 0 saturated carbocycles. The number of rotatable bonds is 8. The lowest BCUT2D eigenvalue weighted by Crippen LogP contribution is -2.12. The Labute approximate surface area is 93.8 Å².